The predicted octanol–water partition coefficient (Wildman–Crippen LogP) is 1.43. The SMILES string of the molecule is C=CC(=O)NCCC[Si](C)C. The Bertz CT molecular complexity index is 134. The van der Waals surface area contributed by atoms with E-state index in [0.717, 1.165) is 13.0 Å². The van der Waals surface area contributed by atoms with E-state index in [1.807, 2.05) is 0 Å². The number of rotatable bonds is 5. The van der Waals surface area contributed by atoms with Crippen molar-refractivity contribution in [3.63, 3.8) is 0 Å². The topological polar surface area (TPSA) is 29.1 Å². The predicted molar refractivity (Wildman–Crippen MR) is 50.1 cm³/mol. The molecule has 0 atom stereocenters. The molecule has 0 aromatic rings. The molecule has 3 heteroatoms. The minimum atomic E-state index is -0.116. The Labute approximate surface area is 70.3 Å². The second kappa shape index (κ2) is 6.16. The van der Waals surface area contributed by atoms with E-state index in [4.69, 9.17) is 0 Å². The van der Waals surface area contributed by atoms with Crippen LogP contribution in [-0.2, 0) is 4.79 Å². The maximum Gasteiger partial charge on any atom is 0.243 e. The minimum absolute atomic E-state index is 0.0639. The van der Waals surface area contributed by atoms with Gasteiger partial charge in [0.25, 0.3) is 0 Å². The van der Waals surface area contributed by atoms with Crippen molar-refractivity contribution in [3.8, 4) is 0 Å². The van der Waals surface area contributed by atoms with Crippen molar-refractivity contribution in [2.45, 2.75) is 25.6 Å². The lowest BCUT2D eigenvalue weighted by Gasteiger charge is -2.02. The summed E-state index contributed by atoms with van der Waals surface area (Å²) < 4.78 is 0. The van der Waals surface area contributed by atoms with E-state index < -0.39 is 0 Å². The van der Waals surface area contributed by atoms with Gasteiger partial charge < -0.3 is 5.32 Å². The molecule has 0 aliphatic heterocycles. The summed E-state index contributed by atoms with van der Waals surface area (Å²) in [5.41, 5.74) is 0. The van der Waals surface area contributed by atoms with Gasteiger partial charge in [0.15, 0.2) is 0 Å². The Balaban J connectivity index is 3.14. The van der Waals surface area contributed by atoms with Crippen molar-refractivity contribution in [1.29, 1.82) is 0 Å². The quantitative estimate of drug-likeness (QED) is 0.377. The molecule has 63 valence electrons. The number of carbonyl (C=O) groups is 1. The van der Waals surface area contributed by atoms with Crippen LogP contribution in [0.15, 0.2) is 12.7 Å². The average Bonchev–Trinajstić information content (AvgIpc) is 1.97. The molecule has 1 N–H and O–H groups in total. The number of hydrogen-bond donors (Lipinski definition) is 1. The van der Waals surface area contributed by atoms with E-state index >= 15 is 0 Å². The molecular formula is C8H16NOSi. The maximum atomic E-state index is 10.6. The van der Waals surface area contributed by atoms with Crippen molar-refractivity contribution < 1.29 is 4.79 Å². The van der Waals surface area contributed by atoms with Crippen molar-refractivity contribution in [1.82, 2.24) is 5.32 Å². The Morgan fingerprint density at radius 1 is 1.64 bits per heavy atom. The van der Waals surface area contributed by atoms with Gasteiger partial charge in [-0.05, 0) is 12.5 Å². The highest BCUT2D eigenvalue weighted by Gasteiger charge is 1.96. The summed E-state index contributed by atoms with van der Waals surface area (Å²) in [6.07, 6.45) is 2.41. The summed E-state index contributed by atoms with van der Waals surface area (Å²) in [5.74, 6) is -0.0639. The highest BCUT2D eigenvalue weighted by molar-refractivity contribution is 6.55. The van der Waals surface area contributed by atoms with Crippen LogP contribution in [0.3, 0.4) is 0 Å². The monoisotopic (exact) mass is 170 g/mol. The zero-order chi connectivity index (χ0) is 8.69. The van der Waals surface area contributed by atoms with Crippen LogP contribution < -0.4 is 5.32 Å². The first kappa shape index (κ1) is 10.4. The van der Waals surface area contributed by atoms with E-state index in [9.17, 15) is 4.79 Å². The summed E-state index contributed by atoms with van der Waals surface area (Å²) in [5, 5.41) is 2.75. The van der Waals surface area contributed by atoms with Crippen molar-refractivity contribution in [2.75, 3.05) is 6.54 Å². The van der Waals surface area contributed by atoms with Gasteiger partial charge >= 0.3 is 0 Å². The van der Waals surface area contributed by atoms with Crippen LogP contribution in [0.1, 0.15) is 6.42 Å². The molecule has 0 heterocycles. The van der Waals surface area contributed by atoms with Gasteiger partial charge in [-0.3, -0.25) is 4.79 Å². The fourth-order valence-electron chi connectivity index (χ4n) is 0.726. The van der Waals surface area contributed by atoms with Gasteiger partial charge in [0.2, 0.25) is 5.91 Å². The summed E-state index contributed by atoms with van der Waals surface area (Å²) in [6, 6.07) is 1.27. The van der Waals surface area contributed by atoms with Crippen LogP contribution >= 0.6 is 0 Å². The van der Waals surface area contributed by atoms with E-state index in [-0.39, 0.29) is 14.7 Å². The molecular weight excluding hydrogens is 154 g/mol. The standard InChI is InChI=1S/C8H16NOSi/c1-4-8(10)9-6-5-7-11(2)3/h4H,1,5-7H2,2-3H3,(H,9,10). The number of hydrogen-bond acceptors (Lipinski definition) is 1. The molecule has 2 nitrogen and oxygen atoms in total. The third-order valence-electron chi connectivity index (χ3n) is 1.34. The van der Waals surface area contributed by atoms with Crippen LogP contribution in [0.5, 0.6) is 0 Å². The van der Waals surface area contributed by atoms with Crippen molar-refractivity contribution >= 4 is 14.7 Å². The minimum Gasteiger partial charge on any atom is -0.353 e. The Morgan fingerprint density at radius 2 is 2.27 bits per heavy atom. The van der Waals surface area contributed by atoms with Gasteiger partial charge in [0.05, 0.1) is 0 Å². The zero-order valence-electron chi connectivity index (χ0n) is 7.31. The average molecular weight is 170 g/mol. The maximum absolute atomic E-state index is 10.6. The Hall–Kier alpha value is -0.573. The zero-order valence-corrected chi connectivity index (χ0v) is 8.31. The summed E-state index contributed by atoms with van der Waals surface area (Å²) >= 11 is 0. The number of nitrogens with one attached hydrogen (secondary N) is 1. The first-order valence-corrected chi connectivity index (χ1v) is 6.57. The molecule has 0 aliphatic rings. The van der Waals surface area contributed by atoms with Crippen LogP contribution in [0.25, 0.3) is 0 Å². The smallest absolute Gasteiger partial charge is 0.243 e. The van der Waals surface area contributed by atoms with Crippen LogP contribution in [0.2, 0.25) is 19.1 Å². The molecule has 0 bridgehead atoms. The molecule has 0 unspecified atom stereocenters. The largest absolute Gasteiger partial charge is 0.353 e. The molecule has 0 aliphatic carbocycles. The molecule has 0 aromatic heterocycles. The third-order valence-corrected chi connectivity index (χ3v) is 2.69. The van der Waals surface area contributed by atoms with Crippen LogP contribution in [0, 0.1) is 0 Å². The van der Waals surface area contributed by atoms with Gasteiger partial charge in [-0.1, -0.05) is 25.7 Å². The lowest BCUT2D eigenvalue weighted by molar-refractivity contribution is -0.116. The molecule has 1 radical (unpaired) electrons. The number of amides is 1. The van der Waals surface area contributed by atoms with Crippen molar-refractivity contribution in [2.24, 2.45) is 0 Å². The Morgan fingerprint density at radius 3 is 2.73 bits per heavy atom. The Kier molecular flexibility index (Phi) is 5.84. The van der Waals surface area contributed by atoms with E-state index in [1.54, 1.807) is 0 Å². The summed E-state index contributed by atoms with van der Waals surface area (Å²) in [6.45, 7) is 8.72. The lowest BCUT2D eigenvalue weighted by Crippen LogP contribution is -2.22. The number of carbonyl (C=O) groups excluding carboxylic acids is 1. The lowest BCUT2D eigenvalue weighted by atomic mass is 10.4. The third kappa shape index (κ3) is 7.32. The van der Waals surface area contributed by atoms with E-state index in [0.29, 0.717) is 0 Å². The van der Waals surface area contributed by atoms with E-state index in [1.165, 1.54) is 12.1 Å². The van der Waals surface area contributed by atoms with Gasteiger partial charge in [0, 0.05) is 15.3 Å². The van der Waals surface area contributed by atoms with Crippen molar-refractivity contribution in [3.05, 3.63) is 12.7 Å². The second-order valence-corrected chi connectivity index (χ2v) is 5.72. The first-order chi connectivity index (χ1) is 5.16. The van der Waals surface area contributed by atoms with Gasteiger partial charge in [0.1, 0.15) is 0 Å². The van der Waals surface area contributed by atoms with Gasteiger partial charge in [-0.25, -0.2) is 0 Å². The normalized spacial score (nSPS) is 9.73. The molecule has 0 saturated carbocycles. The molecule has 0 spiro atoms. The second-order valence-electron chi connectivity index (χ2n) is 2.81. The van der Waals surface area contributed by atoms with Gasteiger partial charge in [-0.2, -0.15) is 0 Å². The molecule has 0 rings (SSSR count). The molecule has 11 heavy (non-hydrogen) atoms. The fourth-order valence-corrected chi connectivity index (χ4v) is 1.61. The molecule has 0 aromatic carbocycles. The molecule has 1 amide bonds. The highest BCUT2D eigenvalue weighted by atomic mass is 28.3. The van der Waals surface area contributed by atoms with Crippen LogP contribution in [-0.4, -0.2) is 21.2 Å². The summed E-state index contributed by atoms with van der Waals surface area (Å²) in [7, 11) is -0.116. The summed E-state index contributed by atoms with van der Waals surface area (Å²) in [4.78, 5) is 10.6. The molecule has 0 saturated heterocycles. The van der Waals surface area contributed by atoms with E-state index in [2.05, 4.69) is 25.0 Å². The fraction of sp³-hybridized carbons (Fsp3) is 0.625. The van der Waals surface area contributed by atoms with Gasteiger partial charge in [-0.15, -0.1) is 0 Å². The molecule has 0 fully saturated rings. The first-order valence-electron chi connectivity index (χ1n) is 3.86. The highest BCUT2D eigenvalue weighted by Crippen LogP contribution is 1.94. The van der Waals surface area contributed by atoms with Crippen LogP contribution in [0.4, 0.5) is 0 Å².